The first-order valence-corrected chi connectivity index (χ1v) is 7.93. The summed E-state index contributed by atoms with van der Waals surface area (Å²) >= 11 is 0. The normalized spacial score (nSPS) is 12.2. The molecule has 0 spiro atoms. The number of carbonyl (C=O) groups excluding carboxylic acids is 2. The lowest BCUT2D eigenvalue weighted by Crippen LogP contribution is -2.41. The molecule has 0 atom stereocenters. The van der Waals surface area contributed by atoms with Gasteiger partial charge in [-0.15, -0.1) is 0 Å². The highest BCUT2D eigenvalue weighted by Crippen LogP contribution is 2.34. The van der Waals surface area contributed by atoms with Crippen LogP contribution in [0.3, 0.4) is 0 Å². The minimum Gasteiger partial charge on any atom is -0.454 e. The molecule has 0 saturated heterocycles. The van der Waals surface area contributed by atoms with E-state index < -0.39 is 17.2 Å². The first kappa shape index (κ1) is 17.3. The number of hydrogen-bond donors (Lipinski definition) is 2. The highest BCUT2D eigenvalue weighted by molar-refractivity contribution is 6.14. The zero-order chi connectivity index (χ0) is 18.7. The summed E-state index contributed by atoms with van der Waals surface area (Å²) in [6.07, 6.45) is 0. The van der Waals surface area contributed by atoms with Crippen molar-refractivity contribution in [1.82, 2.24) is 0 Å². The number of nitriles is 1. The van der Waals surface area contributed by atoms with Gasteiger partial charge in [0.15, 0.2) is 11.5 Å². The Labute approximate surface area is 150 Å². The SMILES string of the molecule is CC(C)(C(=O)Nc1cccc(C#N)c1)C(=O)Nc1ccc2c(c1)OCO2. The number of fused-ring (bicyclic) bond motifs is 1. The van der Waals surface area contributed by atoms with Gasteiger partial charge in [-0.2, -0.15) is 5.26 Å². The highest BCUT2D eigenvalue weighted by Gasteiger charge is 2.36. The van der Waals surface area contributed by atoms with E-state index in [0.29, 0.717) is 28.4 Å². The molecule has 0 unspecified atom stereocenters. The van der Waals surface area contributed by atoms with Gasteiger partial charge >= 0.3 is 0 Å². The van der Waals surface area contributed by atoms with Crippen LogP contribution in [0.4, 0.5) is 11.4 Å². The van der Waals surface area contributed by atoms with Crippen molar-refractivity contribution >= 4 is 23.2 Å². The molecular weight excluding hydrogens is 334 g/mol. The number of benzene rings is 2. The average Bonchev–Trinajstić information content (AvgIpc) is 3.09. The molecule has 0 fully saturated rings. The molecule has 2 N–H and O–H groups in total. The van der Waals surface area contributed by atoms with Gasteiger partial charge in [-0.1, -0.05) is 6.07 Å². The number of nitrogens with zero attached hydrogens (tertiary/aromatic N) is 1. The van der Waals surface area contributed by atoms with Crippen molar-refractivity contribution in [2.75, 3.05) is 17.4 Å². The van der Waals surface area contributed by atoms with Crippen molar-refractivity contribution in [2.45, 2.75) is 13.8 Å². The molecule has 26 heavy (non-hydrogen) atoms. The maximum absolute atomic E-state index is 12.6. The lowest BCUT2D eigenvalue weighted by molar-refractivity contribution is -0.135. The number of rotatable bonds is 4. The largest absolute Gasteiger partial charge is 0.454 e. The number of ether oxygens (including phenoxy) is 2. The molecule has 7 nitrogen and oxygen atoms in total. The Hall–Kier alpha value is -3.53. The summed E-state index contributed by atoms with van der Waals surface area (Å²) in [6.45, 7) is 3.19. The maximum Gasteiger partial charge on any atom is 0.239 e. The maximum atomic E-state index is 12.6. The standard InChI is InChI=1S/C19H17N3O4/c1-19(2,17(23)21-13-5-3-4-12(8-13)10-20)18(24)22-14-6-7-15-16(9-14)26-11-25-15/h3-9H,11H2,1-2H3,(H,21,23)(H,22,24). The van der Waals surface area contributed by atoms with E-state index in [9.17, 15) is 9.59 Å². The Balaban J connectivity index is 1.70. The quantitative estimate of drug-likeness (QED) is 0.825. The molecule has 1 heterocycles. The van der Waals surface area contributed by atoms with Gasteiger partial charge in [-0.3, -0.25) is 9.59 Å². The van der Waals surface area contributed by atoms with Gasteiger partial charge < -0.3 is 20.1 Å². The molecule has 1 aliphatic heterocycles. The van der Waals surface area contributed by atoms with E-state index >= 15 is 0 Å². The third kappa shape index (κ3) is 3.44. The molecule has 2 aromatic carbocycles. The van der Waals surface area contributed by atoms with Crippen LogP contribution in [0.5, 0.6) is 11.5 Å². The monoisotopic (exact) mass is 351 g/mol. The van der Waals surface area contributed by atoms with Crippen LogP contribution in [0.2, 0.25) is 0 Å². The molecule has 2 aromatic rings. The number of hydrogen-bond acceptors (Lipinski definition) is 5. The molecule has 132 valence electrons. The van der Waals surface area contributed by atoms with Gasteiger partial charge in [-0.25, -0.2) is 0 Å². The summed E-state index contributed by atoms with van der Waals surface area (Å²) in [6, 6.07) is 13.5. The molecule has 0 aromatic heterocycles. The summed E-state index contributed by atoms with van der Waals surface area (Å²) in [5.41, 5.74) is 0.0500. The predicted octanol–water partition coefficient (Wildman–Crippen LogP) is 2.89. The molecule has 7 heteroatoms. The molecule has 0 bridgehead atoms. The van der Waals surface area contributed by atoms with Crippen LogP contribution in [0.25, 0.3) is 0 Å². The van der Waals surface area contributed by atoms with Gasteiger partial charge in [-0.05, 0) is 44.2 Å². The van der Waals surface area contributed by atoms with Gasteiger partial charge in [0.05, 0.1) is 11.6 Å². The fourth-order valence-electron chi connectivity index (χ4n) is 2.32. The molecule has 0 aliphatic carbocycles. The van der Waals surface area contributed by atoms with E-state index in [4.69, 9.17) is 14.7 Å². The van der Waals surface area contributed by atoms with Crippen molar-refractivity contribution in [3.8, 4) is 17.6 Å². The summed E-state index contributed by atoms with van der Waals surface area (Å²) in [4.78, 5) is 25.1. The molecule has 3 rings (SSSR count). The van der Waals surface area contributed by atoms with Crippen LogP contribution in [0.1, 0.15) is 19.4 Å². The summed E-state index contributed by atoms with van der Waals surface area (Å²) in [7, 11) is 0. The Morgan fingerprint density at radius 3 is 2.35 bits per heavy atom. The number of anilines is 2. The van der Waals surface area contributed by atoms with Gasteiger partial charge in [0.25, 0.3) is 0 Å². The van der Waals surface area contributed by atoms with Crippen molar-refractivity contribution in [2.24, 2.45) is 5.41 Å². The van der Waals surface area contributed by atoms with Crippen LogP contribution in [-0.4, -0.2) is 18.6 Å². The van der Waals surface area contributed by atoms with Gasteiger partial charge in [0, 0.05) is 17.4 Å². The third-order valence-electron chi connectivity index (χ3n) is 4.02. The first-order valence-electron chi connectivity index (χ1n) is 7.93. The van der Waals surface area contributed by atoms with Crippen LogP contribution in [0.15, 0.2) is 42.5 Å². The minimum atomic E-state index is -1.33. The van der Waals surface area contributed by atoms with E-state index in [-0.39, 0.29) is 6.79 Å². The number of nitrogens with one attached hydrogen (secondary N) is 2. The molecule has 0 radical (unpaired) electrons. The van der Waals surface area contributed by atoms with E-state index in [1.807, 2.05) is 6.07 Å². The van der Waals surface area contributed by atoms with Crippen LogP contribution < -0.4 is 20.1 Å². The highest BCUT2D eigenvalue weighted by atomic mass is 16.7. The lowest BCUT2D eigenvalue weighted by atomic mass is 9.90. The van der Waals surface area contributed by atoms with Crippen molar-refractivity contribution in [3.63, 3.8) is 0 Å². The third-order valence-corrected chi connectivity index (χ3v) is 4.02. The fraction of sp³-hybridized carbons (Fsp3) is 0.211. The Kier molecular flexibility index (Phi) is 4.50. The topological polar surface area (TPSA) is 100 Å². The molecule has 2 amide bonds. The second kappa shape index (κ2) is 6.76. The Morgan fingerprint density at radius 2 is 1.65 bits per heavy atom. The van der Waals surface area contributed by atoms with Crippen molar-refractivity contribution < 1.29 is 19.1 Å². The molecule has 0 saturated carbocycles. The summed E-state index contributed by atoms with van der Waals surface area (Å²) in [5.74, 6) is 0.201. The van der Waals surface area contributed by atoms with Crippen LogP contribution in [0, 0.1) is 16.7 Å². The van der Waals surface area contributed by atoms with Crippen LogP contribution >= 0.6 is 0 Å². The second-order valence-electron chi connectivity index (χ2n) is 6.29. The van der Waals surface area contributed by atoms with Gasteiger partial charge in [0.1, 0.15) is 5.41 Å². The van der Waals surface area contributed by atoms with E-state index in [0.717, 1.165) is 0 Å². The van der Waals surface area contributed by atoms with Crippen molar-refractivity contribution in [1.29, 1.82) is 5.26 Å². The molecular formula is C19H17N3O4. The minimum absolute atomic E-state index is 0.141. The van der Waals surface area contributed by atoms with E-state index in [1.165, 1.54) is 13.8 Å². The number of carbonyl (C=O) groups is 2. The Morgan fingerprint density at radius 1 is 1.00 bits per heavy atom. The second-order valence-corrected chi connectivity index (χ2v) is 6.29. The number of amides is 2. The van der Waals surface area contributed by atoms with Gasteiger partial charge in [0.2, 0.25) is 18.6 Å². The predicted molar refractivity (Wildman–Crippen MR) is 94.8 cm³/mol. The summed E-state index contributed by atoms with van der Waals surface area (Å²) in [5, 5.41) is 14.3. The zero-order valence-corrected chi connectivity index (χ0v) is 14.3. The first-order chi connectivity index (χ1) is 12.4. The smallest absolute Gasteiger partial charge is 0.239 e. The summed E-state index contributed by atoms with van der Waals surface area (Å²) < 4.78 is 10.5. The fourth-order valence-corrected chi connectivity index (χ4v) is 2.32. The Bertz CT molecular complexity index is 915. The van der Waals surface area contributed by atoms with E-state index in [1.54, 1.807) is 42.5 Å². The van der Waals surface area contributed by atoms with E-state index in [2.05, 4.69) is 10.6 Å². The van der Waals surface area contributed by atoms with Crippen molar-refractivity contribution in [3.05, 3.63) is 48.0 Å². The lowest BCUT2D eigenvalue weighted by Gasteiger charge is -2.23. The molecule has 1 aliphatic rings. The van der Waals surface area contributed by atoms with Crippen LogP contribution in [-0.2, 0) is 9.59 Å². The zero-order valence-electron chi connectivity index (χ0n) is 14.3. The average molecular weight is 351 g/mol.